The molecule has 2 aliphatic rings. The van der Waals surface area contributed by atoms with Crippen LogP contribution in [0.5, 0.6) is 0 Å². The summed E-state index contributed by atoms with van der Waals surface area (Å²) in [6.45, 7) is 0. The zero-order chi connectivity index (χ0) is 35.8. The lowest BCUT2D eigenvalue weighted by Crippen LogP contribution is -1.90. The number of fused-ring (bicyclic) bond motifs is 8. The molecule has 8 bridgehead atoms. The van der Waals surface area contributed by atoms with E-state index in [-0.39, 0.29) is 0 Å². The van der Waals surface area contributed by atoms with Gasteiger partial charge in [0.1, 0.15) is 0 Å². The summed E-state index contributed by atoms with van der Waals surface area (Å²) in [6.07, 6.45) is 23.0. The van der Waals surface area contributed by atoms with Gasteiger partial charge in [0.25, 0.3) is 0 Å². The highest BCUT2D eigenvalue weighted by Gasteiger charge is 2.21. The molecule has 2 aliphatic heterocycles. The van der Waals surface area contributed by atoms with Crippen LogP contribution in [0.25, 0.3) is 102 Å². The molecule has 8 nitrogen and oxygen atoms in total. The highest BCUT2D eigenvalue weighted by Crippen LogP contribution is 2.41. The minimum Gasteiger partial charge on any atom is -0.354 e. The molecule has 254 valence electrons. The molecule has 0 amide bonds. The topological polar surface area (TPSA) is 109 Å². The Morgan fingerprint density at radius 1 is 0.333 bits per heavy atom. The molecule has 0 atom stereocenters. The molecule has 0 unspecified atom stereocenters. The zero-order valence-corrected chi connectivity index (χ0v) is 28.8. The largest absolute Gasteiger partial charge is 0.354 e. The number of rotatable bonds is 5. The molecule has 1 aromatic carbocycles. The quantitative estimate of drug-likeness (QED) is 0.186. The van der Waals surface area contributed by atoms with E-state index in [4.69, 9.17) is 9.97 Å². The predicted octanol–water partition coefficient (Wildman–Crippen LogP) is 10.6. The normalized spacial score (nSPS) is 11.9. The van der Waals surface area contributed by atoms with Crippen LogP contribution in [0.2, 0.25) is 0 Å². The van der Waals surface area contributed by atoms with Crippen molar-refractivity contribution in [3.63, 3.8) is 0 Å². The fourth-order valence-corrected chi connectivity index (χ4v) is 7.42. The lowest BCUT2D eigenvalue weighted by molar-refractivity contribution is 1.29. The Labute approximate surface area is 310 Å². The van der Waals surface area contributed by atoms with Gasteiger partial charge in [0.15, 0.2) is 0 Å². The minimum absolute atomic E-state index is 0.829. The van der Waals surface area contributed by atoms with Crippen molar-refractivity contribution < 1.29 is 0 Å². The van der Waals surface area contributed by atoms with Crippen LogP contribution >= 0.6 is 0 Å². The summed E-state index contributed by atoms with van der Waals surface area (Å²) in [6, 6.07) is 33.2. The average molecular weight is 695 g/mol. The van der Waals surface area contributed by atoms with E-state index in [1.807, 2.05) is 104 Å². The molecule has 9 heterocycles. The summed E-state index contributed by atoms with van der Waals surface area (Å²) in [4.78, 5) is 35.9. The maximum absolute atomic E-state index is 5.43. The molecule has 0 saturated heterocycles. The Bertz CT molecular complexity index is 2900. The van der Waals surface area contributed by atoms with Crippen LogP contribution in [-0.2, 0) is 0 Å². The number of nitrogens with zero attached hydrogens (tertiary/aromatic N) is 6. The summed E-state index contributed by atoms with van der Waals surface area (Å²) in [5.41, 5.74) is 17.0. The van der Waals surface area contributed by atoms with Crippen molar-refractivity contribution in [2.45, 2.75) is 0 Å². The monoisotopic (exact) mass is 694 g/mol. The van der Waals surface area contributed by atoms with Crippen LogP contribution in [0, 0.1) is 0 Å². The molecule has 0 aliphatic carbocycles. The highest BCUT2D eigenvalue weighted by molar-refractivity contribution is 6.04. The molecular weight excluding hydrogens is 665 g/mol. The minimum atomic E-state index is 0.829. The van der Waals surface area contributed by atoms with Gasteiger partial charge in [-0.25, -0.2) is 9.97 Å². The maximum Gasteiger partial charge on any atom is 0.0737 e. The second-order valence-electron chi connectivity index (χ2n) is 13.0. The molecule has 2 N–H and O–H groups in total. The summed E-state index contributed by atoms with van der Waals surface area (Å²) in [7, 11) is 0. The summed E-state index contributed by atoms with van der Waals surface area (Å²) in [5.74, 6) is 0. The van der Waals surface area contributed by atoms with Gasteiger partial charge in [0.05, 0.1) is 28.3 Å². The molecule has 7 aromatic heterocycles. The standard InChI is InChI=1S/C46H30N8/c1-2-4-29(5-3-1)34-28-41-44(32-16-24-49-25-17-32)39-9-8-37(52-39)42(30-12-20-47-21-13-30)35-6-7-36(51-35)43(31-14-22-48-23-15-31)38-10-11-40(53-38)45(46(34)54-41)33-18-26-50-27-19-33/h1-28,51,54H. The molecule has 54 heavy (non-hydrogen) atoms. The SMILES string of the molecule is C1=Cc2nc1c(-c1ccncc1)c1ccc([nH]1)c(-c1ccncc1)c1nc(c(-c3ccncc3)c3[nH]c(cc3-c3ccccc3)c2-c2ccncc2)C=C1. The summed E-state index contributed by atoms with van der Waals surface area (Å²) in [5, 5.41) is 0. The number of aromatic amines is 2. The van der Waals surface area contributed by atoms with Crippen LogP contribution in [0.1, 0.15) is 22.8 Å². The third-order valence-electron chi connectivity index (χ3n) is 9.83. The van der Waals surface area contributed by atoms with Crippen molar-refractivity contribution in [1.29, 1.82) is 0 Å². The molecule has 0 spiro atoms. The van der Waals surface area contributed by atoms with E-state index in [0.717, 1.165) is 100 Å². The van der Waals surface area contributed by atoms with Gasteiger partial charge < -0.3 is 9.97 Å². The van der Waals surface area contributed by atoms with Crippen molar-refractivity contribution in [3.05, 3.63) is 169 Å². The van der Waals surface area contributed by atoms with Gasteiger partial charge in [0.2, 0.25) is 0 Å². The van der Waals surface area contributed by atoms with Gasteiger partial charge in [-0.2, -0.15) is 0 Å². The second-order valence-corrected chi connectivity index (χ2v) is 13.0. The fraction of sp³-hybridized carbons (Fsp3) is 0. The number of hydrogen-bond donors (Lipinski definition) is 2. The number of nitrogens with one attached hydrogen (secondary N) is 2. The first-order valence-electron chi connectivity index (χ1n) is 17.7. The molecule has 10 rings (SSSR count). The average Bonchev–Trinajstić information content (AvgIpc) is 4.07. The first-order chi connectivity index (χ1) is 26.8. The van der Waals surface area contributed by atoms with Gasteiger partial charge in [0, 0.05) is 93.9 Å². The van der Waals surface area contributed by atoms with Crippen LogP contribution < -0.4 is 0 Å². The van der Waals surface area contributed by atoms with E-state index >= 15 is 0 Å². The molecule has 0 radical (unpaired) electrons. The molecule has 0 fully saturated rings. The lowest BCUT2D eigenvalue weighted by Gasteiger charge is -2.07. The zero-order valence-electron chi connectivity index (χ0n) is 28.8. The first kappa shape index (κ1) is 31.2. The van der Waals surface area contributed by atoms with E-state index in [1.165, 1.54) is 0 Å². The molecule has 8 aromatic rings. The Kier molecular flexibility index (Phi) is 7.62. The third kappa shape index (κ3) is 5.50. The van der Waals surface area contributed by atoms with E-state index in [1.54, 1.807) is 0 Å². The summed E-state index contributed by atoms with van der Waals surface area (Å²) >= 11 is 0. The van der Waals surface area contributed by atoms with Crippen LogP contribution in [-0.4, -0.2) is 39.9 Å². The number of aromatic nitrogens is 8. The number of benzene rings is 1. The Morgan fingerprint density at radius 3 is 1.17 bits per heavy atom. The van der Waals surface area contributed by atoms with Gasteiger partial charge >= 0.3 is 0 Å². The fourth-order valence-electron chi connectivity index (χ4n) is 7.42. The summed E-state index contributed by atoms with van der Waals surface area (Å²) < 4.78 is 0. The Hall–Kier alpha value is -7.58. The second kappa shape index (κ2) is 13.2. The van der Waals surface area contributed by atoms with Gasteiger partial charge in [-0.3, -0.25) is 19.9 Å². The van der Waals surface area contributed by atoms with E-state index in [0.29, 0.717) is 0 Å². The number of H-pyrrole nitrogens is 2. The Balaban J connectivity index is 1.45. The smallest absolute Gasteiger partial charge is 0.0737 e. The van der Waals surface area contributed by atoms with E-state index in [2.05, 4.69) is 96.7 Å². The van der Waals surface area contributed by atoms with Gasteiger partial charge in [-0.05, 0) is 119 Å². The highest BCUT2D eigenvalue weighted by atomic mass is 14.8. The first-order valence-corrected chi connectivity index (χ1v) is 17.7. The van der Waals surface area contributed by atoms with Crippen molar-refractivity contribution in [3.8, 4) is 55.6 Å². The number of pyridine rings is 4. The maximum atomic E-state index is 5.43. The van der Waals surface area contributed by atoms with E-state index < -0.39 is 0 Å². The Morgan fingerprint density at radius 2 is 0.722 bits per heavy atom. The van der Waals surface area contributed by atoms with Crippen molar-refractivity contribution in [2.24, 2.45) is 0 Å². The molecule has 8 heteroatoms. The third-order valence-corrected chi connectivity index (χ3v) is 9.83. The van der Waals surface area contributed by atoms with Crippen molar-refractivity contribution in [1.82, 2.24) is 39.9 Å². The molecular formula is C46H30N8. The van der Waals surface area contributed by atoms with Crippen molar-refractivity contribution >= 4 is 46.4 Å². The van der Waals surface area contributed by atoms with Crippen LogP contribution in [0.4, 0.5) is 0 Å². The van der Waals surface area contributed by atoms with E-state index in [9.17, 15) is 0 Å². The molecule has 0 saturated carbocycles. The van der Waals surface area contributed by atoms with Crippen molar-refractivity contribution in [2.75, 3.05) is 0 Å². The lowest BCUT2D eigenvalue weighted by atomic mass is 9.99. The van der Waals surface area contributed by atoms with Crippen LogP contribution in [0.3, 0.4) is 0 Å². The number of hydrogen-bond acceptors (Lipinski definition) is 6. The van der Waals surface area contributed by atoms with Gasteiger partial charge in [-0.1, -0.05) is 30.3 Å². The van der Waals surface area contributed by atoms with Crippen LogP contribution in [0.15, 0.2) is 147 Å². The van der Waals surface area contributed by atoms with Gasteiger partial charge in [-0.15, -0.1) is 0 Å². The predicted molar refractivity (Wildman–Crippen MR) is 217 cm³/mol.